The molecule has 112 valence electrons. The fraction of sp³-hybridized carbons (Fsp3) is 0.647. The molecular formula is C17H27NO2. The second kappa shape index (κ2) is 6.15. The quantitative estimate of drug-likeness (QED) is 0.869. The third-order valence-electron chi connectivity index (χ3n) is 4.45. The van der Waals surface area contributed by atoms with Crippen LogP contribution in [0.5, 0.6) is 5.75 Å². The molecule has 0 unspecified atom stereocenters. The normalized spacial score (nSPS) is 20.6. The fourth-order valence-electron chi connectivity index (χ4n) is 2.79. The van der Waals surface area contributed by atoms with Crippen molar-refractivity contribution in [2.24, 2.45) is 5.41 Å². The Hall–Kier alpha value is -1.06. The molecule has 1 aliphatic rings. The standard InChI is InChI=1S/C17H27NO2/c1-16(2)7-9-17(19,10-8-16)13-18-12-14-5-4-6-15(11-14)20-3/h4-6,11,18-19H,7-10,12-13H2,1-3H3. The molecule has 2 N–H and O–H groups in total. The van der Waals surface area contributed by atoms with Gasteiger partial charge in [-0.15, -0.1) is 0 Å². The largest absolute Gasteiger partial charge is 0.497 e. The van der Waals surface area contributed by atoms with Crippen molar-refractivity contribution in [3.05, 3.63) is 29.8 Å². The van der Waals surface area contributed by atoms with E-state index in [4.69, 9.17) is 4.74 Å². The van der Waals surface area contributed by atoms with Gasteiger partial charge < -0.3 is 15.2 Å². The topological polar surface area (TPSA) is 41.5 Å². The first-order valence-electron chi connectivity index (χ1n) is 7.49. The molecule has 1 aliphatic carbocycles. The predicted molar refractivity (Wildman–Crippen MR) is 81.9 cm³/mol. The van der Waals surface area contributed by atoms with Gasteiger partial charge in [0.05, 0.1) is 12.7 Å². The first kappa shape index (κ1) is 15.3. The van der Waals surface area contributed by atoms with Crippen LogP contribution in [0.15, 0.2) is 24.3 Å². The molecule has 0 heterocycles. The summed E-state index contributed by atoms with van der Waals surface area (Å²) in [6.07, 6.45) is 3.99. The van der Waals surface area contributed by atoms with Crippen LogP contribution in [0.25, 0.3) is 0 Å². The zero-order valence-electron chi connectivity index (χ0n) is 12.9. The maximum absolute atomic E-state index is 10.6. The van der Waals surface area contributed by atoms with Crippen LogP contribution in [-0.2, 0) is 6.54 Å². The summed E-state index contributed by atoms with van der Waals surface area (Å²) in [6, 6.07) is 8.04. The Labute approximate surface area is 122 Å². The fourth-order valence-corrected chi connectivity index (χ4v) is 2.79. The van der Waals surface area contributed by atoms with Crippen molar-refractivity contribution in [2.45, 2.75) is 51.7 Å². The second-order valence-electron chi connectivity index (χ2n) is 6.84. The van der Waals surface area contributed by atoms with Gasteiger partial charge in [-0.05, 0) is 48.8 Å². The third kappa shape index (κ3) is 4.22. The highest BCUT2D eigenvalue weighted by atomic mass is 16.5. The summed E-state index contributed by atoms with van der Waals surface area (Å²) in [4.78, 5) is 0. The van der Waals surface area contributed by atoms with E-state index >= 15 is 0 Å². The van der Waals surface area contributed by atoms with Gasteiger partial charge in [0.1, 0.15) is 5.75 Å². The lowest BCUT2D eigenvalue weighted by Gasteiger charge is -2.40. The predicted octanol–water partition coefficient (Wildman–Crippen LogP) is 3.12. The first-order valence-corrected chi connectivity index (χ1v) is 7.49. The molecule has 0 amide bonds. The molecule has 0 saturated heterocycles. The summed E-state index contributed by atoms with van der Waals surface area (Å²) in [5.74, 6) is 0.877. The van der Waals surface area contributed by atoms with E-state index in [9.17, 15) is 5.11 Å². The summed E-state index contributed by atoms with van der Waals surface area (Å²) in [7, 11) is 1.68. The van der Waals surface area contributed by atoms with Gasteiger partial charge in [0.25, 0.3) is 0 Å². The van der Waals surface area contributed by atoms with Crippen LogP contribution in [0.2, 0.25) is 0 Å². The summed E-state index contributed by atoms with van der Waals surface area (Å²) < 4.78 is 5.22. The van der Waals surface area contributed by atoms with E-state index in [-0.39, 0.29) is 0 Å². The smallest absolute Gasteiger partial charge is 0.119 e. The summed E-state index contributed by atoms with van der Waals surface area (Å²) in [5.41, 5.74) is 1.04. The maximum Gasteiger partial charge on any atom is 0.119 e. The van der Waals surface area contributed by atoms with Crippen molar-refractivity contribution in [2.75, 3.05) is 13.7 Å². The number of aliphatic hydroxyl groups is 1. The van der Waals surface area contributed by atoms with Gasteiger partial charge in [-0.3, -0.25) is 0 Å². The minimum atomic E-state index is -0.533. The van der Waals surface area contributed by atoms with E-state index in [0.29, 0.717) is 12.0 Å². The molecule has 0 spiro atoms. The van der Waals surface area contributed by atoms with Gasteiger partial charge in [0.15, 0.2) is 0 Å². The minimum absolute atomic E-state index is 0.388. The molecule has 0 atom stereocenters. The zero-order valence-corrected chi connectivity index (χ0v) is 12.9. The molecule has 0 bridgehead atoms. The van der Waals surface area contributed by atoms with E-state index in [1.165, 1.54) is 5.56 Å². The highest BCUT2D eigenvalue weighted by Gasteiger charge is 2.36. The van der Waals surface area contributed by atoms with Gasteiger partial charge in [-0.2, -0.15) is 0 Å². The van der Waals surface area contributed by atoms with Crippen LogP contribution >= 0.6 is 0 Å². The maximum atomic E-state index is 10.6. The van der Waals surface area contributed by atoms with Crippen LogP contribution in [-0.4, -0.2) is 24.4 Å². The minimum Gasteiger partial charge on any atom is -0.497 e. The molecule has 1 saturated carbocycles. The van der Waals surface area contributed by atoms with Crippen molar-refractivity contribution in [3.63, 3.8) is 0 Å². The number of hydrogen-bond donors (Lipinski definition) is 2. The Morgan fingerprint density at radius 3 is 2.55 bits per heavy atom. The Morgan fingerprint density at radius 1 is 1.20 bits per heavy atom. The van der Waals surface area contributed by atoms with Gasteiger partial charge in [-0.25, -0.2) is 0 Å². The number of ether oxygens (including phenoxy) is 1. The van der Waals surface area contributed by atoms with Crippen molar-refractivity contribution >= 4 is 0 Å². The van der Waals surface area contributed by atoms with E-state index in [1.807, 2.05) is 18.2 Å². The van der Waals surface area contributed by atoms with Crippen molar-refractivity contribution < 1.29 is 9.84 Å². The Kier molecular flexibility index (Phi) is 4.71. The molecule has 0 radical (unpaired) electrons. The molecule has 3 nitrogen and oxygen atoms in total. The summed E-state index contributed by atoms with van der Waals surface area (Å²) >= 11 is 0. The zero-order chi connectivity index (χ0) is 14.6. The highest BCUT2D eigenvalue weighted by molar-refractivity contribution is 5.28. The third-order valence-corrected chi connectivity index (χ3v) is 4.45. The van der Waals surface area contributed by atoms with Crippen LogP contribution in [0.1, 0.15) is 45.1 Å². The molecule has 0 aliphatic heterocycles. The van der Waals surface area contributed by atoms with E-state index in [0.717, 1.165) is 38.0 Å². The SMILES string of the molecule is COc1cccc(CNCC2(O)CCC(C)(C)CC2)c1. The van der Waals surface area contributed by atoms with Crippen molar-refractivity contribution in [1.82, 2.24) is 5.32 Å². The van der Waals surface area contributed by atoms with E-state index in [2.05, 4.69) is 25.2 Å². The van der Waals surface area contributed by atoms with Gasteiger partial charge in [-0.1, -0.05) is 26.0 Å². The van der Waals surface area contributed by atoms with Crippen molar-refractivity contribution in [1.29, 1.82) is 0 Å². The average Bonchev–Trinajstić information content (AvgIpc) is 2.43. The van der Waals surface area contributed by atoms with Crippen molar-refractivity contribution in [3.8, 4) is 5.75 Å². The Balaban J connectivity index is 1.80. The lowest BCUT2D eigenvalue weighted by Crippen LogP contribution is -2.44. The molecule has 1 aromatic rings. The van der Waals surface area contributed by atoms with Gasteiger partial charge >= 0.3 is 0 Å². The number of nitrogens with one attached hydrogen (secondary N) is 1. The van der Waals surface area contributed by atoms with Crippen LogP contribution in [0.3, 0.4) is 0 Å². The molecular weight excluding hydrogens is 250 g/mol. The van der Waals surface area contributed by atoms with E-state index in [1.54, 1.807) is 7.11 Å². The lowest BCUT2D eigenvalue weighted by atomic mass is 9.71. The Morgan fingerprint density at radius 2 is 1.90 bits per heavy atom. The molecule has 2 rings (SSSR count). The Bertz CT molecular complexity index is 432. The summed E-state index contributed by atoms with van der Waals surface area (Å²) in [6.45, 7) is 6.01. The van der Waals surface area contributed by atoms with Gasteiger partial charge in [0, 0.05) is 13.1 Å². The van der Waals surface area contributed by atoms with Gasteiger partial charge in [0.2, 0.25) is 0 Å². The monoisotopic (exact) mass is 277 g/mol. The molecule has 1 fully saturated rings. The lowest BCUT2D eigenvalue weighted by molar-refractivity contribution is -0.0245. The van der Waals surface area contributed by atoms with Crippen LogP contribution in [0, 0.1) is 5.41 Å². The van der Waals surface area contributed by atoms with E-state index < -0.39 is 5.60 Å². The number of hydrogen-bond acceptors (Lipinski definition) is 3. The molecule has 0 aromatic heterocycles. The van der Waals surface area contributed by atoms with Crippen LogP contribution in [0.4, 0.5) is 0 Å². The molecule has 3 heteroatoms. The average molecular weight is 277 g/mol. The molecule has 1 aromatic carbocycles. The summed E-state index contributed by atoms with van der Waals surface area (Å²) in [5, 5.41) is 14.0. The first-order chi connectivity index (χ1) is 9.42. The number of rotatable bonds is 5. The molecule has 20 heavy (non-hydrogen) atoms. The second-order valence-corrected chi connectivity index (χ2v) is 6.84. The number of benzene rings is 1. The van der Waals surface area contributed by atoms with Crippen LogP contribution < -0.4 is 10.1 Å². The highest BCUT2D eigenvalue weighted by Crippen LogP contribution is 2.39. The number of methoxy groups -OCH3 is 1.